The Morgan fingerprint density at radius 3 is 2.26 bits per heavy atom. The summed E-state index contributed by atoms with van der Waals surface area (Å²) in [5, 5.41) is 9.52. The van der Waals surface area contributed by atoms with Crippen LogP contribution in [0.1, 0.15) is 38.0 Å². The number of rotatable bonds is 8. The lowest BCUT2D eigenvalue weighted by molar-refractivity contribution is -0.152. The van der Waals surface area contributed by atoms with Crippen LogP contribution in [0, 0.1) is 6.92 Å². The second-order valence-electron chi connectivity index (χ2n) is 4.35. The van der Waals surface area contributed by atoms with E-state index in [2.05, 4.69) is 0 Å². The summed E-state index contributed by atoms with van der Waals surface area (Å²) in [7, 11) is 0. The summed E-state index contributed by atoms with van der Waals surface area (Å²) in [5.41, 5.74) is 1.88. The van der Waals surface area contributed by atoms with Crippen molar-refractivity contribution in [3.63, 3.8) is 0 Å². The first-order chi connectivity index (χ1) is 9.08. The van der Waals surface area contributed by atoms with Gasteiger partial charge in [-0.3, -0.25) is 0 Å². The average molecular weight is 268 g/mol. The van der Waals surface area contributed by atoms with Crippen molar-refractivity contribution in [1.82, 2.24) is 0 Å². The molecule has 4 nitrogen and oxygen atoms in total. The number of benzene rings is 1. The zero-order valence-electron chi connectivity index (χ0n) is 12.2. The predicted octanol–water partition coefficient (Wildman–Crippen LogP) is 2.83. The highest BCUT2D eigenvalue weighted by atomic mass is 16.7. The molecule has 0 radical (unpaired) electrons. The van der Waals surface area contributed by atoms with Crippen LogP contribution in [0.25, 0.3) is 0 Å². The van der Waals surface area contributed by atoms with Gasteiger partial charge in [0.05, 0.1) is 6.10 Å². The number of aliphatic hydroxyl groups excluding tert-OH is 1. The van der Waals surface area contributed by atoms with Gasteiger partial charge in [-0.05, 0) is 51.0 Å². The molecule has 19 heavy (non-hydrogen) atoms. The number of ether oxygens (including phenoxy) is 3. The molecule has 0 amide bonds. The van der Waals surface area contributed by atoms with Crippen LogP contribution in [0.2, 0.25) is 0 Å². The van der Waals surface area contributed by atoms with Crippen molar-refractivity contribution in [3.05, 3.63) is 29.3 Å². The number of hydrogen-bond donors (Lipinski definition) is 1. The Kier molecular flexibility index (Phi) is 6.84. The molecule has 1 atom stereocenters. The molecule has 0 fully saturated rings. The Morgan fingerprint density at radius 1 is 1.16 bits per heavy atom. The van der Waals surface area contributed by atoms with Crippen molar-refractivity contribution in [1.29, 1.82) is 0 Å². The molecule has 0 bridgehead atoms. The predicted molar refractivity (Wildman–Crippen MR) is 74.3 cm³/mol. The third-order valence-corrected chi connectivity index (χ3v) is 2.76. The largest absolute Gasteiger partial charge is 0.488 e. The topological polar surface area (TPSA) is 47.9 Å². The molecule has 1 N–H and O–H groups in total. The van der Waals surface area contributed by atoms with E-state index in [0.29, 0.717) is 19.8 Å². The maximum Gasteiger partial charge on any atom is 0.191 e. The molecule has 4 heteroatoms. The molecule has 108 valence electrons. The van der Waals surface area contributed by atoms with E-state index in [0.717, 1.165) is 16.9 Å². The van der Waals surface area contributed by atoms with Crippen LogP contribution in [0.3, 0.4) is 0 Å². The Hall–Kier alpha value is -1.10. The van der Waals surface area contributed by atoms with Crippen LogP contribution in [0.4, 0.5) is 0 Å². The second kappa shape index (κ2) is 8.15. The van der Waals surface area contributed by atoms with Crippen molar-refractivity contribution < 1.29 is 19.3 Å². The zero-order valence-corrected chi connectivity index (χ0v) is 12.2. The van der Waals surface area contributed by atoms with Crippen LogP contribution in [-0.2, 0) is 9.47 Å². The lowest BCUT2D eigenvalue weighted by Crippen LogP contribution is -2.25. The van der Waals surface area contributed by atoms with Gasteiger partial charge < -0.3 is 19.3 Å². The Morgan fingerprint density at radius 2 is 1.79 bits per heavy atom. The normalized spacial score (nSPS) is 12.7. The van der Waals surface area contributed by atoms with Crippen molar-refractivity contribution in [2.45, 2.75) is 40.1 Å². The standard InChI is InChI=1S/C15H24O4/c1-5-17-15(18-6-2)10-19-14-8-7-13(12(4)16)9-11(14)3/h7-9,12,15-16H,5-6,10H2,1-4H3. The average Bonchev–Trinajstić information content (AvgIpc) is 2.37. The zero-order chi connectivity index (χ0) is 14.3. The van der Waals surface area contributed by atoms with Crippen LogP contribution in [0.15, 0.2) is 18.2 Å². The molecule has 1 unspecified atom stereocenters. The second-order valence-corrected chi connectivity index (χ2v) is 4.35. The van der Waals surface area contributed by atoms with Gasteiger partial charge in [-0.15, -0.1) is 0 Å². The van der Waals surface area contributed by atoms with E-state index in [9.17, 15) is 5.11 Å². The molecule has 0 saturated carbocycles. The van der Waals surface area contributed by atoms with E-state index in [4.69, 9.17) is 14.2 Å². The van der Waals surface area contributed by atoms with Crippen molar-refractivity contribution in [3.8, 4) is 5.75 Å². The number of aryl methyl sites for hydroxylation is 1. The van der Waals surface area contributed by atoms with Gasteiger partial charge in [0.25, 0.3) is 0 Å². The Bertz CT molecular complexity index is 370. The van der Waals surface area contributed by atoms with Crippen molar-refractivity contribution >= 4 is 0 Å². The van der Waals surface area contributed by atoms with Crippen LogP contribution in [-0.4, -0.2) is 31.2 Å². The molecular formula is C15H24O4. The van der Waals surface area contributed by atoms with Gasteiger partial charge >= 0.3 is 0 Å². The Balaban J connectivity index is 2.61. The van der Waals surface area contributed by atoms with E-state index < -0.39 is 6.10 Å². The fourth-order valence-electron chi connectivity index (χ4n) is 1.77. The minimum absolute atomic E-state index is 0.342. The monoisotopic (exact) mass is 268 g/mol. The number of aliphatic hydroxyl groups is 1. The molecule has 0 aliphatic carbocycles. The molecule has 0 spiro atoms. The van der Waals surface area contributed by atoms with Crippen molar-refractivity contribution in [2.24, 2.45) is 0 Å². The van der Waals surface area contributed by atoms with Gasteiger partial charge in [-0.1, -0.05) is 6.07 Å². The molecule has 0 heterocycles. The smallest absolute Gasteiger partial charge is 0.191 e. The highest BCUT2D eigenvalue weighted by molar-refractivity contribution is 5.36. The van der Waals surface area contributed by atoms with Gasteiger partial charge in [0, 0.05) is 13.2 Å². The van der Waals surface area contributed by atoms with E-state index >= 15 is 0 Å². The molecule has 0 saturated heterocycles. The minimum Gasteiger partial charge on any atom is -0.488 e. The summed E-state index contributed by atoms with van der Waals surface area (Å²) in [4.78, 5) is 0. The maximum absolute atomic E-state index is 9.52. The van der Waals surface area contributed by atoms with E-state index in [-0.39, 0.29) is 6.29 Å². The van der Waals surface area contributed by atoms with E-state index in [1.165, 1.54) is 0 Å². The summed E-state index contributed by atoms with van der Waals surface area (Å²) in [6.45, 7) is 9.09. The third-order valence-electron chi connectivity index (χ3n) is 2.76. The number of hydrogen-bond acceptors (Lipinski definition) is 4. The van der Waals surface area contributed by atoms with Gasteiger partial charge in [-0.2, -0.15) is 0 Å². The molecular weight excluding hydrogens is 244 g/mol. The summed E-state index contributed by atoms with van der Waals surface area (Å²) in [6.07, 6.45) is -0.807. The quantitative estimate of drug-likeness (QED) is 0.736. The first kappa shape index (κ1) is 16.0. The van der Waals surface area contributed by atoms with Crippen LogP contribution in [0.5, 0.6) is 5.75 Å². The first-order valence-electron chi connectivity index (χ1n) is 6.73. The maximum atomic E-state index is 9.52. The fourth-order valence-corrected chi connectivity index (χ4v) is 1.77. The summed E-state index contributed by atoms with van der Waals surface area (Å²) >= 11 is 0. The lowest BCUT2D eigenvalue weighted by Gasteiger charge is -2.18. The first-order valence-corrected chi connectivity index (χ1v) is 6.73. The Labute approximate surface area is 115 Å². The molecule has 0 aliphatic heterocycles. The minimum atomic E-state index is -0.465. The summed E-state index contributed by atoms with van der Waals surface area (Å²) < 4.78 is 16.5. The molecule has 1 aromatic carbocycles. The third kappa shape index (κ3) is 5.19. The van der Waals surface area contributed by atoms with E-state index in [1.807, 2.05) is 39.0 Å². The lowest BCUT2D eigenvalue weighted by atomic mass is 10.1. The van der Waals surface area contributed by atoms with Gasteiger partial charge in [-0.25, -0.2) is 0 Å². The fraction of sp³-hybridized carbons (Fsp3) is 0.600. The highest BCUT2D eigenvalue weighted by Gasteiger charge is 2.11. The molecule has 0 aliphatic rings. The highest BCUT2D eigenvalue weighted by Crippen LogP contribution is 2.22. The molecule has 1 rings (SSSR count). The summed E-state index contributed by atoms with van der Waals surface area (Å²) in [5.74, 6) is 0.786. The molecule has 0 aromatic heterocycles. The van der Waals surface area contributed by atoms with Crippen LogP contribution >= 0.6 is 0 Å². The van der Waals surface area contributed by atoms with E-state index in [1.54, 1.807) is 6.92 Å². The van der Waals surface area contributed by atoms with Crippen molar-refractivity contribution in [2.75, 3.05) is 19.8 Å². The molecule has 1 aromatic rings. The van der Waals surface area contributed by atoms with Gasteiger partial charge in [0.15, 0.2) is 6.29 Å². The van der Waals surface area contributed by atoms with Gasteiger partial charge in [0.1, 0.15) is 12.4 Å². The van der Waals surface area contributed by atoms with Crippen LogP contribution < -0.4 is 4.74 Å². The summed E-state index contributed by atoms with van der Waals surface area (Å²) in [6, 6.07) is 5.66. The SMILES string of the molecule is CCOC(COc1ccc(C(C)O)cc1C)OCC. The van der Waals surface area contributed by atoms with Gasteiger partial charge in [0.2, 0.25) is 0 Å².